The molecule has 0 aromatic heterocycles. The number of carboxylic acids is 1. The summed E-state index contributed by atoms with van der Waals surface area (Å²) < 4.78 is 11.2. The summed E-state index contributed by atoms with van der Waals surface area (Å²) in [6.45, 7) is 1.63. The molecule has 126 valence electrons. The van der Waals surface area contributed by atoms with Crippen molar-refractivity contribution in [2.75, 3.05) is 13.7 Å². The van der Waals surface area contributed by atoms with E-state index in [9.17, 15) is 9.59 Å². The Bertz CT molecular complexity index is 566. The first-order valence-corrected chi connectivity index (χ1v) is 7.87. The highest BCUT2D eigenvalue weighted by Crippen LogP contribution is 2.32. The molecule has 1 aromatic carbocycles. The summed E-state index contributed by atoms with van der Waals surface area (Å²) >= 11 is 0. The van der Waals surface area contributed by atoms with E-state index < -0.39 is 11.9 Å². The van der Waals surface area contributed by atoms with E-state index in [2.05, 4.69) is 5.32 Å². The Morgan fingerprint density at radius 2 is 2.00 bits per heavy atom. The van der Waals surface area contributed by atoms with Crippen molar-refractivity contribution in [3.05, 3.63) is 23.8 Å². The Kier molecular flexibility index (Phi) is 5.84. The van der Waals surface area contributed by atoms with Crippen molar-refractivity contribution in [3.63, 3.8) is 0 Å². The van der Waals surface area contributed by atoms with Crippen LogP contribution in [0, 0.1) is 5.92 Å². The highest BCUT2D eigenvalue weighted by molar-refractivity contribution is 5.95. The normalized spacial score (nSPS) is 15.9. The molecule has 0 aliphatic heterocycles. The second-order valence-corrected chi connectivity index (χ2v) is 5.84. The van der Waals surface area contributed by atoms with Gasteiger partial charge in [-0.15, -0.1) is 0 Å². The maximum absolute atomic E-state index is 12.2. The zero-order chi connectivity index (χ0) is 16.8. The minimum Gasteiger partial charge on any atom is -0.493 e. The molecule has 6 nitrogen and oxygen atoms in total. The number of hydrogen-bond donors (Lipinski definition) is 2. The molecule has 23 heavy (non-hydrogen) atoms. The van der Waals surface area contributed by atoms with E-state index in [1.165, 1.54) is 0 Å². The molecule has 6 heteroatoms. The summed E-state index contributed by atoms with van der Waals surface area (Å²) in [5, 5.41) is 11.5. The van der Waals surface area contributed by atoms with Crippen LogP contribution in [0.3, 0.4) is 0 Å². The maximum Gasteiger partial charge on any atom is 0.308 e. The van der Waals surface area contributed by atoms with Crippen molar-refractivity contribution in [1.29, 1.82) is 0 Å². The molecular formula is C17H23NO5. The van der Waals surface area contributed by atoms with Gasteiger partial charge in [0, 0.05) is 12.1 Å². The zero-order valence-electron chi connectivity index (χ0n) is 13.5. The molecule has 0 radical (unpaired) electrons. The molecule has 1 fully saturated rings. The van der Waals surface area contributed by atoms with Crippen LogP contribution < -0.4 is 14.8 Å². The van der Waals surface area contributed by atoms with Crippen LogP contribution in [-0.4, -0.2) is 36.7 Å². The SMILES string of the molecule is COc1ccc(C(=O)NCC(C)C(=O)O)cc1OC1CCCC1. The molecule has 1 aliphatic rings. The number of aliphatic carboxylic acids is 1. The third-order valence-corrected chi connectivity index (χ3v) is 4.01. The van der Waals surface area contributed by atoms with Crippen LogP contribution in [-0.2, 0) is 4.79 Å². The number of ether oxygens (including phenoxy) is 2. The van der Waals surface area contributed by atoms with Gasteiger partial charge in [-0.3, -0.25) is 9.59 Å². The molecule has 1 unspecified atom stereocenters. The summed E-state index contributed by atoms with van der Waals surface area (Å²) in [5.41, 5.74) is 0.427. The second kappa shape index (κ2) is 7.85. The largest absolute Gasteiger partial charge is 0.493 e. The van der Waals surface area contributed by atoms with Gasteiger partial charge in [0.05, 0.1) is 19.1 Å². The smallest absolute Gasteiger partial charge is 0.308 e. The molecule has 1 aliphatic carbocycles. The van der Waals surface area contributed by atoms with Crippen LogP contribution in [0.2, 0.25) is 0 Å². The van der Waals surface area contributed by atoms with E-state index >= 15 is 0 Å². The molecule has 0 bridgehead atoms. The third-order valence-electron chi connectivity index (χ3n) is 4.01. The number of methoxy groups -OCH3 is 1. The van der Waals surface area contributed by atoms with E-state index in [0.29, 0.717) is 17.1 Å². The lowest BCUT2D eigenvalue weighted by Gasteiger charge is -2.17. The van der Waals surface area contributed by atoms with Gasteiger partial charge < -0.3 is 19.9 Å². The van der Waals surface area contributed by atoms with Crippen LogP contribution >= 0.6 is 0 Å². The first kappa shape index (κ1) is 17.1. The number of rotatable bonds is 7. The fourth-order valence-electron chi connectivity index (χ4n) is 2.53. The summed E-state index contributed by atoms with van der Waals surface area (Å²) in [5.74, 6) is -0.751. The van der Waals surface area contributed by atoms with Gasteiger partial charge in [-0.2, -0.15) is 0 Å². The number of carbonyl (C=O) groups excluding carboxylic acids is 1. The lowest BCUT2D eigenvalue weighted by Crippen LogP contribution is -2.31. The first-order valence-electron chi connectivity index (χ1n) is 7.87. The van der Waals surface area contributed by atoms with Gasteiger partial charge in [-0.25, -0.2) is 0 Å². The van der Waals surface area contributed by atoms with Crippen LogP contribution in [0.5, 0.6) is 11.5 Å². The summed E-state index contributed by atoms with van der Waals surface area (Å²) in [6.07, 6.45) is 4.49. The highest BCUT2D eigenvalue weighted by Gasteiger charge is 2.20. The first-order chi connectivity index (χ1) is 11.0. The Morgan fingerprint density at radius 1 is 1.30 bits per heavy atom. The van der Waals surface area contributed by atoms with Crippen molar-refractivity contribution in [2.45, 2.75) is 38.7 Å². The quantitative estimate of drug-likeness (QED) is 0.806. The van der Waals surface area contributed by atoms with E-state index in [1.807, 2.05) is 0 Å². The van der Waals surface area contributed by atoms with Crippen molar-refractivity contribution in [2.24, 2.45) is 5.92 Å². The standard InChI is InChI=1S/C17H23NO5/c1-11(17(20)21)10-18-16(19)12-7-8-14(22-2)15(9-12)23-13-5-3-4-6-13/h7-9,11,13H,3-6,10H2,1-2H3,(H,18,19)(H,20,21). The number of amides is 1. The average molecular weight is 321 g/mol. The summed E-state index contributed by atoms with van der Waals surface area (Å²) in [4.78, 5) is 23.0. The Balaban J connectivity index is 2.06. The van der Waals surface area contributed by atoms with Gasteiger partial charge in [-0.1, -0.05) is 6.92 Å². The number of benzene rings is 1. The number of hydrogen-bond acceptors (Lipinski definition) is 4. The fraction of sp³-hybridized carbons (Fsp3) is 0.529. The van der Waals surface area contributed by atoms with Crippen LogP contribution in [0.15, 0.2) is 18.2 Å². The topological polar surface area (TPSA) is 84.9 Å². The zero-order valence-corrected chi connectivity index (χ0v) is 13.5. The van der Waals surface area contributed by atoms with Crippen molar-refractivity contribution < 1.29 is 24.2 Å². The van der Waals surface area contributed by atoms with Crippen molar-refractivity contribution in [1.82, 2.24) is 5.32 Å². The molecule has 2 N–H and O–H groups in total. The van der Waals surface area contributed by atoms with Crippen molar-refractivity contribution in [3.8, 4) is 11.5 Å². The van der Waals surface area contributed by atoms with Gasteiger partial charge in [0.15, 0.2) is 11.5 Å². The highest BCUT2D eigenvalue weighted by atomic mass is 16.5. The molecular weight excluding hydrogens is 298 g/mol. The summed E-state index contributed by atoms with van der Waals surface area (Å²) in [6, 6.07) is 4.98. The van der Waals surface area contributed by atoms with Crippen LogP contribution in [0.1, 0.15) is 43.0 Å². The molecule has 1 atom stereocenters. The molecule has 1 amide bonds. The van der Waals surface area contributed by atoms with Gasteiger partial charge in [0.2, 0.25) is 0 Å². The monoisotopic (exact) mass is 321 g/mol. The molecule has 0 heterocycles. The Labute approximate surface area is 135 Å². The van der Waals surface area contributed by atoms with Gasteiger partial charge >= 0.3 is 5.97 Å². The predicted molar refractivity (Wildman–Crippen MR) is 85.0 cm³/mol. The van der Waals surface area contributed by atoms with E-state index in [4.69, 9.17) is 14.6 Å². The molecule has 1 saturated carbocycles. The fourth-order valence-corrected chi connectivity index (χ4v) is 2.53. The average Bonchev–Trinajstić information content (AvgIpc) is 3.05. The minimum absolute atomic E-state index is 0.0824. The maximum atomic E-state index is 12.2. The Hall–Kier alpha value is -2.24. The number of carboxylic acid groups (broad SMARTS) is 1. The molecule has 1 aromatic rings. The van der Waals surface area contributed by atoms with Gasteiger partial charge in [0.1, 0.15) is 0 Å². The minimum atomic E-state index is -0.940. The van der Waals surface area contributed by atoms with E-state index in [1.54, 1.807) is 32.2 Å². The molecule has 0 saturated heterocycles. The van der Waals surface area contributed by atoms with Crippen molar-refractivity contribution >= 4 is 11.9 Å². The molecule has 0 spiro atoms. The molecule has 2 rings (SSSR count). The number of carbonyl (C=O) groups is 2. The van der Waals surface area contributed by atoms with E-state index in [-0.39, 0.29) is 18.6 Å². The number of nitrogens with one attached hydrogen (secondary N) is 1. The van der Waals surface area contributed by atoms with Gasteiger partial charge in [-0.05, 0) is 43.9 Å². The van der Waals surface area contributed by atoms with Crippen LogP contribution in [0.4, 0.5) is 0 Å². The summed E-state index contributed by atoms with van der Waals surface area (Å²) in [7, 11) is 1.56. The van der Waals surface area contributed by atoms with Crippen LogP contribution in [0.25, 0.3) is 0 Å². The second-order valence-electron chi connectivity index (χ2n) is 5.84. The lowest BCUT2D eigenvalue weighted by molar-refractivity contribution is -0.140. The lowest BCUT2D eigenvalue weighted by atomic mass is 10.1. The third kappa shape index (κ3) is 4.61. The van der Waals surface area contributed by atoms with E-state index in [0.717, 1.165) is 25.7 Å². The predicted octanol–water partition coefficient (Wildman–Crippen LogP) is 2.47. The van der Waals surface area contributed by atoms with Gasteiger partial charge in [0.25, 0.3) is 5.91 Å². The Morgan fingerprint density at radius 3 is 2.61 bits per heavy atom.